The number of nitrogens with two attached hydrogens (primary N) is 1. The number of hydrogen-bond acceptors (Lipinski definition) is 2. The third-order valence-electron chi connectivity index (χ3n) is 1.47. The molecule has 0 fully saturated rings. The fourth-order valence-corrected chi connectivity index (χ4v) is 0.733. The number of primary amides is 1. The topological polar surface area (TPSA) is 60.9 Å². The third kappa shape index (κ3) is 0.877. The van der Waals surface area contributed by atoms with Crippen molar-refractivity contribution in [1.82, 2.24) is 9.55 Å². The zero-order chi connectivity index (χ0) is 7.72. The molecule has 0 spiro atoms. The predicted molar refractivity (Wildman–Crippen MR) is 36.5 cm³/mol. The fraction of sp³-hybridized carbons (Fsp3) is 0.333. The van der Waals surface area contributed by atoms with Gasteiger partial charge in [-0.1, -0.05) is 0 Å². The SMILES string of the molecule is Cc1c(C(N)=O)ncn1C. The highest BCUT2D eigenvalue weighted by Gasteiger charge is 2.07. The van der Waals surface area contributed by atoms with E-state index in [1.807, 2.05) is 7.05 Å². The van der Waals surface area contributed by atoms with Crippen LogP contribution in [0, 0.1) is 6.92 Å². The highest BCUT2D eigenvalue weighted by atomic mass is 16.1. The van der Waals surface area contributed by atoms with Gasteiger partial charge in [0.15, 0.2) is 0 Å². The molecule has 0 saturated heterocycles. The zero-order valence-corrected chi connectivity index (χ0v) is 5.96. The molecule has 0 bridgehead atoms. The first-order chi connectivity index (χ1) is 4.63. The van der Waals surface area contributed by atoms with Crippen LogP contribution in [-0.2, 0) is 7.05 Å². The van der Waals surface area contributed by atoms with Gasteiger partial charge in [0, 0.05) is 12.7 Å². The van der Waals surface area contributed by atoms with Crippen LogP contribution in [0.5, 0.6) is 0 Å². The van der Waals surface area contributed by atoms with Gasteiger partial charge in [0.05, 0.1) is 6.33 Å². The van der Waals surface area contributed by atoms with E-state index in [2.05, 4.69) is 4.98 Å². The zero-order valence-electron chi connectivity index (χ0n) is 5.96. The predicted octanol–water partition coefficient (Wildman–Crippen LogP) is -0.173. The summed E-state index contributed by atoms with van der Waals surface area (Å²) in [7, 11) is 1.81. The van der Waals surface area contributed by atoms with Gasteiger partial charge in [-0.15, -0.1) is 0 Å². The molecule has 0 aliphatic heterocycles. The number of hydrogen-bond donors (Lipinski definition) is 1. The molecule has 0 radical (unpaired) electrons. The maximum Gasteiger partial charge on any atom is 0.269 e. The van der Waals surface area contributed by atoms with Crippen molar-refractivity contribution in [2.24, 2.45) is 12.8 Å². The average molecular weight is 139 g/mol. The molecule has 0 saturated carbocycles. The Hall–Kier alpha value is -1.32. The van der Waals surface area contributed by atoms with Crippen LogP contribution in [0.1, 0.15) is 16.2 Å². The minimum Gasteiger partial charge on any atom is -0.364 e. The molecule has 4 heteroatoms. The van der Waals surface area contributed by atoms with Gasteiger partial charge in [-0.3, -0.25) is 4.79 Å². The Balaban J connectivity index is 3.17. The number of aromatic nitrogens is 2. The first kappa shape index (κ1) is 6.80. The molecule has 0 atom stereocenters. The Labute approximate surface area is 58.7 Å². The van der Waals surface area contributed by atoms with Gasteiger partial charge in [0.2, 0.25) is 0 Å². The van der Waals surface area contributed by atoms with E-state index in [1.165, 1.54) is 0 Å². The quantitative estimate of drug-likeness (QED) is 0.587. The van der Waals surface area contributed by atoms with E-state index in [9.17, 15) is 4.79 Å². The largest absolute Gasteiger partial charge is 0.364 e. The molecule has 1 amide bonds. The molecule has 0 aliphatic rings. The number of nitrogens with zero attached hydrogens (tertiary/aromatic N) is 2. The fourth-order valence-electron chi connectivity index (χ4n) is 0.733. The number of aryl methyl sites for hydroxylation is 1. The maximum absolute atomic E-state index is 10.6. The number of amides is 1. The molecule has 54 valence electrons. The van der Waals surface area contributed by atoms with Crippen molar-refractivity contribution in [2.45, 2.75) is 6.92 Å². The van der Waals surface area contributed by atoms with Gasteiger partial charge in [0.25, 0.3) is 5.91 Å². The van der Waals surface area contributed by atoms with E-state index < -0.39 is 5.91 Å². The summed E-state index contributed by atoms with van der Waals surface area (Å²) in [5.41, 5.74) is 6.16. The van der Waals surface area contributed by atoms with Crippen molar-refractivity contribution in [3.8, 4) is 0 Å². The molecule has 1 aromatic heterocycles. The summed E-state index contributed by atoms with van der Waals surface area (Å²) in [6.45, 7) is 1.80. The third-order valence-corrected chi connectivity index (χ3v) is 1.47. The van der Waals surface area contributed by atoms with Crippen LogP contribution in [0.25, 0.3) is 0 Å². The Kier molecular flexibility index (Phi) is 1.45. The van der Waals surface area contributed by atoms with Crippen molar-refractivity contribution in [3.05, 3.63) is 17.7 Å². The number of rotatable bonds is 1. The molecule has 1 rings (SSSR count). The summed E-state index contributed by atoms with van der Waals surface area (Å²) >= 11 is 0. The van der Waals surface area contributed by atoms with E-state index >= 15 is 0 Å². The van der Waals surface area contributed by atoms with Crippen molar-refractivity contribution < 1.29 is 4.79 Å². The van der Waals surface area contributed by atoms with Gasteiger partial charge in [-0.25, -0.2) is 4.98 Å². The lowest BCUT2D eigenvalue weighted by atomic mass is 10.3. The lowest BCUT2D eigenvalue weighted by Gasteiger charge is -1.93. The number of carbonyl (C=O) groups is 1. The van der Waals surface area contributed by atoms with Gasteiger partial charge in [-0.2, -0.15) is 0 Å². The lowest BCUT2D eigenvalue weighted by Crippen LogP contribution is -2.13. The minimum absolute atomic E-state index is 0.350. The highest BCUT2D eigenvalue weighted by Crippen LogP contribution is 2.01. The van der Waals surface area contributed by atoms with Crippen LogP contribution in [0.4, 0.5) is 0 Å². The summed E-state index contributed by atoms with van der Waals surface area (Å²) in [5, 5.41) is 0. The highest BCUT2D eigenvalue weighted by molar-refractivity contribution is 5.91. The smallest absolute Gasteiger partial charge is 0.269 e. The van der Waals surface area contributed by atoms with Crippen LogP contribution in [-0.4, -0.2) is 15.5 Å². The summed E-state index contributed by atoms with van der Waals surface area (Å²) in [5.74, 6) is -0.474. The minimum atomic E-state index is -0.474. The molecule has 0 aliphatic carbocycles. The summed E-state index contributed by atoms with van der Waals surface area (Å²) in [6, 6.07) is 0. The van der Waals surface area contributed by atoms with Crippen molar-refractivity contribution in [3.63, 3.8) is 0 Å². The van der Waals surface area contributed by atoms with Crippen LogP contribution in [0.2, 0.25) is 0 Å². The van der Waals surface area contributed by atoms with Gasteiger partial charge in [-0.05, 0) is 6.92 Å². The van der Waals surface area contributed by atoms with E-state index in [4.69, 9.17) is 5.73 Å². The van der Waals surface area contributed by atoms with E-state index in [-0.39, 0.29) is 0 Å². The Morgan fingerprint density at radius 3 is 2.60 bits per heavy atom. The Morgan fingerprint density at radius 1 is 1.80 bits per heavy atom. The summed E-state index contributed by atoms with van der Waals surface area (Å²) < 4.78 is 1.75. The van der Waals surface area contributed by atoms with E-state index in [1.54, 1.807) is 17.8 Å². The van der Waals surface area contributed by atoms with E-state index in [0.29, 0.717) is 5.69 Å². The van der Waals surface area contributed by atoms with E-state index in [0.717, 1.165) is 5.69 Å². The summed E-state index contributed by atoms with van der Waals surface area (Å²) in [6.07, 6.45) is 1.56. The lowest BCUT2D eigenvalue weighted by molar-refractivity contribution is 0.0995. The molecular formula is C6H9N3O. The van der Waals surface area contributed by atoms with Gasteiger partial charge < -0.3 is 10.3 Å². The van der Waals surface area contributed by atoms with Crippen molar-refractivity contribution >= 4 is 5.91 Å². The number of imidazole rings is 1. The second-order valence-corrected chi connectivity index (χ2v) is 2.15. The molecule has 1 aromatic rings. The monoisotopic (exact) mass is 139 g/mol. The Bertz CT molecular complexity index is 264. The summed E-state index contributed by atoms with van der Waals surface area (Å²) in [4.78, 5) is 14.4. The van der Waals surface area contributed by atoms with Crippen molar-refractivity contribution in [1.29, 1.82) is 0 Å². The first-order valence-electron chi connectivity index (χ1n) is 2.90. The first-order valence-corrected chi connectivity index (χ1v) is 2.90. The molecule has 0 unspecified atom stereocenters. The average Bonchev–Trinajstić information content (AvgIpc) is 2.14. The number of carbonyl (C=O) groups excluding carboxylic acids is 1. The maximum atomic E-state index is 10.6. The Morgan fingerprint density at radius 2 is 2.40 bits per heavy atom. The molecule has 0 aromatic carbocycles. The molecule has 10 heavy (non-hydrogen) atoms. The second-order valence-electron chi connectivity index (χ2n) is 2.15. The van der Waals surface area contributed by atoms with Crippen LogP contribution in [0.15, 0.2) is 6.33 Å². The molecule has 1 heterocycles. The normalized spacial score (nSPS) is 9.80. The molecular weight excluding hydrogens is 130 g/mol. The van der Waals surface area contributed by atoms with Crippen LogP contribution >= 0.6 is 0 Å². The van der Waals surface area contributed by atoms with Crippen LogP contribution < -0.4 is 5.73 Å². The van der Waals surface area contributed by atoms with Gasteiger partial charge >= 0.3 is 0 Å². The van der Waals surface area contributed by atoms with Crippen molar-refractivity contribution in [2.75, 3.05) is 0 Å². The second kappa shape index (κ2) is 2.13. The molecule has 4 nitrogen and oxygen atoms in total. The van der Waals surface area contributed by atoms with Gasteiger partial charge in [0.1, 0.15) is 5.69 Å². The standard InChI is InChI=1S/C6H9N3O/c1-4-5(6(7)10)8-3-9(4)2/h3H,1-2H3,(H2,7,10). The van der Waals surface area contributed by atoms with Crippen LogP contribution in [0.3, 0.4) is 0 Å². The molecule has 2 N–H and O–H groups in total.